The van der Waals surface area contributed by atoms with Crippen LogP contribution in [0.1, 0.15) is 61.8 Å². The molecule has 3 aromatic rings. The number of carboxylic acid groups (broad SMARTS) is 1. The van der Waals surface area contributed by atoms with Gasteiger partial charge in [-0.05, 0) is 72.9 Å². The number of hydrogen-bond donors (Lipinski definition) is 3. The molecule has 1 fully saturated rings. The van der Waals surface area contributed by atoms with Crippen LogP contribution in [0.5, 0.6) is 29.0 Å². The maximum absolute atomic E-state index is 11.5. The predicted octanol–water partition coefficient (Wildman–Crippen LogP) is 5.77. The average molecular weight is 579 g/mol. The summed E-state index contributed by atoms with van der Waals surface area (Å²) in [5.74, 6) is 1.71. The molecule has 0 spiro atoms. The maximum atomic E-state index is 11.5. The van der Waals surface area contributed by atoms with Crippen LogP contribution in [0.4, 0.5) is 0 Å². The fourth-order valence-electron chi connectivity index (χ4n) is 6.43. The first-order valence-corrected chi connectivity index (χ1v) is 15.0. The molecule has 1 atom stereocenters. The van der Waals surface area contributed by atoms with Crippen molar-refractivity contribution in [2.75, 3.05) is 26.9 Å². The number of methoxy groups -OCH3 is 1. The lowest BCUT2D eigenvalue weighted by Crippen LogP contribution is -2.35. The van der Waals surface area contributed by atoms with Gasteiger partial charge in [-0.25, -0.2) is 0 Å². The zero-order valence-corrected chi connectivity index (χ0v) is 24.5. The van der Waals surface area contributed by atoms with E-state index in [-0.39, 0.29) is 36.9 Å². The van der Waals surface area contributed by atoms with Crippen LogP contribution in [0, 0.1) is 11.8 Å². The Balaban J connectivity index is 1.33. The lowest BCUT2D eigenvalue weighted by molar-refractivity contribution is -0.143. The van der Waals surface area contributed by atoms with Crippen molar-refractivity contribution in [1.29, 1.82) is 0 Å². The number of benzene rings is 2. The van der Waals surface area contributed by atoms with Crippen molar-refractivity contribution in [3.05, 3.63) is 65.2 Å². The maximum Gasteiger partial charge on any atom is 0.306 e. The third-order valence-corrected chi connectivity index (χ3v) is 8.74. The molecule has 1 aromatic heterocycles. The molecule has 226 valence electrons. The number of aromatic nitrogens is 1. The van der Waals surface area contributed by atoms with Gasteiger partial charge in [-0.15, -0.1) is 0 Å². The minimum absolute atomic E-state index is 0.0173. The first kappa shape index (κ1) is 29.6. The molecular weight excluding hydrogens is 536 g/mol. The van der Waals surface area contributed by atoms with E-state index in [4.69, 9.17) is 14.2 Å². The van der Waals surface area contributed by atoms with E-state index in [0.717, 1.165) is 63.0 Å². The third-order valence-electron chi connectivity index (χ3n) is 8.74. The molecule has 1 saturated carbocycles. The number of rotatable bonds is 13. The molecule has 2 aromatic carbocycles. The summed E-state index contributed by atoms with van der Waals surface area (Å²) in [6.45, 7) is 5.10. The van der Waals surface area contributed by atoms with Crippen molar-refractivity contribution in [1.82, 2.24) is 9.47 Å². The molecule has 0 bridgehead atoms. The Morgan fingerprint density at radius 1 is 1.05 bits per heavy atom. The van der Waals surface area contributed by atoms with Crippen molar-refractivity contribution in [3.63, 3.8) is 0 Å². The van der Waals surface area contributed by atoms with Gasteiger partial charge in [0.25, 0.3) is 0 Å². The van der Waals surface area contributed by atoms with E-state index >= 15 is 0 Å². The van der Waals surface area contributed by atoms with Crippen molar-refractivity contribution in [2.45, 2.75) is 64.6 Å². The molecule has 3 N–H and O–H groups in total. The second-order valence-corrected chi connectivity index (χ2v) is 11.4. The lowest BCUT2D eigenvalue weighted by atomic mass is 9.81. The Morgan fingerprint density at radius 2 is 1.81 bits per heavy atom. The molecule has 0 amide bonds. The largest absolute Gasteiger partial charge is 0.494 e. The Bertz CT molecular complexity index is 1340. The quantitative estimate of drug-likeness (QED) is 0.234. The van der Waals surface area contributed by atoms with Gasteiger partial charge in [-0.3, -0.25) is 14.3 Å². The lowest BCUT2D eigenvalue weighted by Gasteiger charge is -2.37. The number of hydrogen-bond acceptors (Lipinski definition) is 7. The molecule has 1 unspecified atom stereocenters. The fraction of sp³-hybridized carbons (Fsp3) is 0.485. The Kier molecular flexibility index (Phi) is 9.47. The summed E-state index contributed by atoms with van der Waals surface area (Å²) in [5.41, 5.74) is 3.64. The number of fused-ring (bicyclic) bond motifs is 1. The minimum Gasteiger partial charge on any atom is -0.494 e. The van der Waals surface area contributed by atoms with Gasteiger partial charge in [0, 0.05) is 37.7 Å². The number of nitrogens with zero attached hydrogens (tertiary/aromatic N) is 2. The highest BCUT2D eigenvalue weighted by molar-refractivity contribution is 5.70. The highest BCUT2D eigenvalue weighted by Crippen LogP contribution is 2.37. The van der Waals surface area contributed by atoms with Gasteiger partial charge in [0.1, 0.15) is 12.4 Å². The van der Waals surface area contributed by atoms with E-state index in [9.17, 15) is 20.1 Å². The molecule has 5 rings (SSSR count). The van der Waals surface area contributed by atoms with Gasteiger partial charge < -0.3 is 29.5 Å². The summed E-state index contributed by atoms with van der Waals surface area (Å²) >= 11 is 0. The van der Waals surface area contributed by atoms with E-state index in [1.807, 2.05) is 12.1 Å². The zero-order chi connectivity index (χ0) is 29.6. The summed E-state index contributed by atoms with van der Waals surface area (Å²) in [7, 11) is 1.62. The van der Waals surface area contributed by atoms with Crippen molar-refractivity contribution in [2.24, 2.45) is 11.8 Å². The molecule has 9 nitrogen and oxygen atoms in total. The van der Waals surface area contributed by atoms with Crippen molar-refractivity contribution in [3.8, 4) is 29.0 Å². The first-order chi connectivity index (χ1) is 20.4. The molecule has 2 heterocycles. The second-order valence-electron chi connectivity index (χ2n) is 11.4. The fourth-order valence-corrected chi connectivity index (χ4v) is 6.43. The highest BCUT2D eigenvalue weighted by atomic mass is 16.5. The normalized spacial score (nSPS) is 18.8. The molecule has 42 heavy (non-hydrogen) atoms. The van der Waals surface area contributed by atoms with E-state index < -0.39 is 5.97 Å². The third kappa shape index (κ3) is 6.78. The van der Waals surface area contributed by atoms with Gasteiger partial charge in [-0.2, -0.15) is 0 Å². The average Bonchev–Trinajstić information content (AvgIpc) is 3.59. The van der Waals surface area contributed by atoms with E-state index in [0.29, 0.717) is 24.0 Å². The number of aromatic hydroxyl groups is 2. The van der Waals surface area contributed by atoms with Gasteiger partial charge in [0.05, 0.1) is 26.2 Å². The van der Waals surface area contributed by atoms with Crippen LogP contribution < -0.4 is 14.2 Å². The zero-order valence-electron chi connectivity index (χ0n) is 24.5. The first-order valence-electron chi connectivity index (χ1n) is 15.0. The summed E-state index contributed by atoms with van der Waals surface area (Å²) in [6.07, 6.45) is 5.19. The number of aliphatic carboxylic acids is 1. The summed E-state index contributed by atoms with van der Waals surface area (Å²) in [5, 5.41) is 29.3. The molecule has 0 radical (unpaired) electrons. The van der Waals surface area contributed by atoms with Crippen LogP contribution in [0.15, 0.2) is 48.5 Å². The van der Waals surface area contributed by atoms with Crippen LogP contribution in [-0.2, 0) is 24.3 Å². The Morgan fingerprint density at radius 3 is 2.50 bits per heavy atom. The monoisotopic (exact) mass is 578 g/mol. The van der Waals surface area contributed by atoms with Gasteiger partial charge in [0.15, 0.2) is 23.3 Å². The topological polar surface area (TPSA) is 114 Å². The summed E-state index contributed by atoms with van der Waals surface area (Å²) in [6, 6.07) is 15.6. The predicted molar refractivity (Wildman–Crippen MR) is 158 cm³/mol. The van der Waals surface area contributed by atoms with E-state index in [1.54, 1.807) is 7.11 Å². The van der Waals surface area contributed by atoms with Gasteiger partial charge >= 0.3 is 5.97 Å². The van der Waals surface area contributed by atoms with Crippen LogP contribution in [-0.4, -0.2) is 57.6 Å². The number of carboxylic acids is 1. The van der Waals surface area contributed by atoms with Crippen molar-refractivity contribution < 1.29 is 34.3 Å². The number of ether oxygens (including phenoxy) is 3. The molecular formula is C33H42N2O7. The minimum atomic E-state index is -0.673. The molecule has 1 aliphatic heterocycles. The summed E-state index contributed by atoms with van der Waals surface area (Å²) < 4.78 is 18.8. The van der Waals surface area contributed by atoms with Gasteiger partial charge in [0.2, 0.25) is 0 Å². The molecule has 2 aliphatic rings. The van der Waals surface area contributed by atoms with Crippen LogP contribution in [0.2, 0.25) is 0 Å². The van der Waals surface area contributed by atoms with Gasteiger partial charge in [-0.1, -0.05) is 25.1 Å². The van der Waals surface area contributed by atoms with Crippen LogP contribution in [0.3, 0.4) is 0 Å². The highest BCUT2D eigenvalue weighted by Gasteiger charge is 2.30. The summed E-state index contributed by atoms with van der Waals surface area (Å²) in [4.78, 5) is 14.1. The Hall–Kier alpha value is -3.85. The molecule has 0 saturated heterocycles. The second kappa shape index (κ2) is 13.4. The van der Waals surface area contributed by atoms with Crippen LogP contribution in [0.25, 0.3) is 0 Å². The SMILES string of the molecule is CCC(c1ccc2c(c1)CCO2)N(Cc1ccc(OCCn2c(O)ccc2O)c(OC)c1)CC1CCC(C(=O)O)CC1. The molecule has 1 aliphatic carbocycles. The molecule has 9 heteroatoms. The Labute approximate surface area is 247 Å². The standard InChI is InChI=1S/C33H42N2O7/c1-3-27(25-9-11-28-26(19-25)14-16-41-28)34(20-22-4-7-24(8-5-22)33(38)39)21-23-6-10-29(30(18-23)40-2)42-17-15-35-31(36)12-13-32(35)37/h6,9-13,18-19,22,24,27,36-37H,3-5,7-8,14-17,20-21H2,1-2H3,(H,38,39). The number of carbonyl (C=O) groups is 1. The van der Waals surface area contributed by atoms with E-state index in [1.165, 1.54) is 27.8 Å². The smallest absolute Gasteiger partial charge is 0.306 e. The van der Waals surface area contributed by atoms with E-state index in [2.05, 4.69) is 36.1 Å². The van der Waals surface area contributed by atoms with Crippen molar-refractivity contribution >= 4 is 5.97 Å². The van der Waals surface area contributed by atoms with Crippen LogP contribution >= 0.6 is 0 Å².